The van der Waals surface area contributed by atoms with E-state index in [-0.39, 0.29) is 23.2 Å². The Labute approximate surface area is 204 Å². The van der Waals surface area contributed by atoms with Gasteiger partial charge in [-0.1, -0.05) is 31.2 Å². The number of fused-ring (bicyclic) bond motifs is 1. The summed E-state index contributed by atoms with van der Waals surface area (Å²) < 4.78 is 0. The van der Waals surface area contributed by atoms with Crippen molar-refractivity contribution in [3.8, 4) is 0 Å². The minimum Gasteiger partial charge on any atom is -0.366 e. The molecule has 4 rings (SSSR count). The molecule has 1 atom stereocenters. The monoisotopic (exact) mass is 472 g/mol. The van der Waals surface area contributed by atoms with Crippen LogP contribution in [0.5, 0.6) is 0 Å². The maximum atomic E-state index is 13.2. The number of non-ortho nitro benzene ring substituents is 1. The third kappa shape index (κ3) is 5.48. The number of carbonyl (C=O) groups is 2. The number of amides is 2. The van der Waals surface area contributed by atoms with Gasteiger partial charge in [-0.2, -0.15) is 0 Å². The third-order valence-corrected chi connectivity index (χ3v) is 6.30. The minimum atomic E-state index is -0.512. The number of carbonyl (C=O) groups excluding carboxylic acids is 2. The van der Waals surface area contributed by atoms with E-state index >= 15 is 0 Å². The molecule has 0 radical (unpaired) electrons. The highest BCUT2D eigenvalue weighted by molar-refractivity contribution is 6.06. The summed E-state index contributed by atoms with van der Waals surface area (Å²) in [5, 5.41) is 16.7. The summed E-state index contributed by atoms with van der Waals surface area (Å²) in [4.78, 5) is 38.5. The molecule has 2 N–H and O–H groups in total. The fourth-order valence-electron chi connectivity index (χ4n) is 4.11. The van der Waals surface area contributed by atoms with Crippen molar-refractivity contribution in [2.24, 2.45) is 0 Å². The van der Waals surface area contributed by atoms with Gasteiger partial charge in [0.2, 0.25) is 0 Å². The van der Waals surface area contributed by atoms with E-state index in [1.807, 2.05) is 32.0 Å². The number of nitro groups is 1. The molecule has 35 heavy (non-hydrogen) atoms. The Morgan fingerprint density at radius 2 is 1.74 bits per heavy atom. The van der Waals surface area contributed by atoms with Crippen molar-refractivity contribution in [2.45, 2.75) is 39.3 Å². The van der Waals surface area contributed by atoms with Crippen LogP contribution in [0.15, 0.2) is 66.7 Å². The van der Waals surface area contributed by atoms with Crippen molar-refractivity contribution in [3.05, 3.63) is 99.1 Å². The van der Waals surface area contributed by atoms with Gasteiger partial charge in [-0.05, 0) is 61.2 Å². The average Bonchev–Trinajstić information content (AvgIpc) is 2.88. The van der Waals surface area contributed by atoms with Gasteiger partial charge >= 0.3 is 0 Å². The second kappa shape index (κ2) is 10.4. The molecule has 8 nitrogen and oxygen atoms in total. The van der Waals surface area contributed by atoms with Gasteiger partial charge in [-0.15, -0.1) is 0 Å². The van der Waals surface area contributed by atoms with E-state index in [0.29, 0.717) is 17.8 Å². The molecule has 3 aromatic carbocycles. The Bertz CT molecular complexity index is 1260. The van der Waals surface area contributed by atoms with Gasteiger partial charge in [-0.3, -0.25) is 19.7 Å². The van der Waals surface area contributed by atoms with Crippen LogP contribution in [0.1, 0.15) is 52.1 Å². The number of nitrogens with zero attached hydrogens (tertiary/aromatic N) is 2. The van der Waals surface area contributed by atoms with E-state index in [0.717, 1.165) is 25.1 Å². The number of rotatable bonds is 7. The molecule has 2 amide bonds. The first kappa shape index (κ1) is 23.9. The van der Waals surface area contributed by atoms with Gasteiger partial charge in [0.25, 0.3) is 17.5 Å². The molecule has 8 heteroatoms. The lowest BCUT2D eigenvalue weighted by Gasteiger charge is -2.32. The fourth-order valence-corrected chi connectivity index (χ4v) is 4.11. The van der Waals surface area contributed by atoms with Crippen molar-refractivity contribution in [3.63, 3.8) is 0 Å². The summed E-state index contributed by atoms with van der Waals surface area (Å²) in [7, 11) is 0. The summed E-state index contributed by atoms with van der Waals surface area (Å²) in [6.07, 6.45) is 1.69. The van der Waals surface area contributed by atoms with Crippen molar-refractivity contribution in [1.82, 2.24) is 5.32 Å². The predicted octanol–water partition coefficient (Wildman–Crippen LogP) is 4.94. The summed E-state index contributed by atoms with van der Waals surface area (Å²) >= 11 is 0. The number of nitro benzene ring substituents is 1. The van der Waals surface area contributed by atoms with E-state index in [9.17, 15) is 19.7 Å². The molecule has 0 fully saturated rings. The van der Waals surface area contributed by atoms with Crippen molar-refractivity contribution in [1.29, 1.82) is 0 Å². The van der Waals surface area contributed by atoms with Gasteiger partial charge in [0.05, 0.1) is 10.5 Å². The first-order chi connectivity index (χ1) is 16.9. The zero-order chi connectivity index (χ0) is 24.9. The molecule has 3 aromatic rings. The number of anilines is 2. The zero-order valence-corrected chi connectivity index (χ0v) is 19.8. The molecule has 0 spiro atoms. The summed E-state index contributed by atoms with van der Waals surface area (Å²) in [6, 6.07) is 19.1. The molecule has 0 saturated carbocycles. The van der Waals surface area contributed by atoms with Crippen LogP contribution >= 0.6 is 0 Å². The minimum absolute atomic E-state index is 0.00999. The smallest absolute Gasteiger partial charge is 0.269 e. The van der Waals surface area contributed by atoms with E-state index in [4.69, 9.17) is 0 Å². The van der Waals surface area contributed by atoms with Crippen LogP contribution in [0.25, 0.3) is 0 Å². The highest BCUT2D eigenvalue weighted by Gasteiger charge is 2.23. The molecule has 180 valence electrons. The van der Waals surface area contributed by atoms with Crippen molar-refractivity contribution >= 4 is 28.9 Å². The molecule has 0 aromatic heterocycles. The first-order valence-corrected chi connectivity index (χ1v) is 11.7. The van der Waals surface area contributed by atoms with Gasteiger partial charge in [0, 0.05) is 48.2 Å². The van der Waals surface area contributed by atoms with Gasteiger partial charge in [0.1, 0.15) is 0 Å². The number of hydrogen-bond donors (Lipinski definition) is 2. The van der Waals surface area contributed by atoms with Crippen LogP contribution in [-0.4, -0.2) is 29.3 Å². The maximum absolute atomic E-state index is 13.2. The lowest BCUT2D eigenvalue weighted by atomic mass is 9.98. The quantitative estimate of drug-likeness (QED) is 0.374. The fraction of sp³-hybridized carbons (Fsp3) is 0.259. The molecule has 1 aliphatic heterocycles. The van der Waals surface area contributed by atoms with Gasteiger partial charge in [-0.25, -0.2) is 0 Å². The van der Waals surface area contributed by atoms with Crippen molar-refractivity contribution in [2.75, 3.05) is 16.8 Å². The largest absolute Gasteiger partial charge is 0.366 e. The van der Waals surface area contributed by atoms with Crippen LogP contribution in [0.2, 0.25) is 0 Å². The van der Waals surface area contributed by atoms with Crippen LogP contribution in [0, 0.1) is 10.1 Å². The Balaban J connectivity index is 1.61. The third-order valence-electron chi connectivity index (χ3n) is 6.30. The molecule has 0 bridgehead atoms. The van der Waals surface area contributed by atoms with Crippen molar-refractivity contribution < 1.29 is 14.5 Å². The zero-order valence-electron chi connectivity index (χ0n) is 19.8. The highest BCUT2D eigenvalue weighted by Crippen LogP contribution is 2.30. The summed E-state index contributed by atoms with van der Waals surface area (Å²) in [5.41, 5.74) is 4.54. The Kier molecular flexibility index (Phi) is 7.10. The summed E-state index contributed by atoms with van der Waals surface area (Å²) in [5.74, 6) is -0.604. The second-order valence-corrected chi connectivity index (χ2v) is 8.71. The molecule has 1 aliphatic rings. The molecule has 0 saturated heterocycles. The lowest BCUT2D eigenvalue weighted by Crippen LogP contribution is -2.35. The van der Waals surface area contributed by atoms with Gasteiger partial charge < -0.3 is 15.5 Å². The molecule has 0 aliphatic carbocycles. The SMILES string of the molecule is CCC(C)NC(=O)c1cc(NC(=O)c2ccc([N+](=O)[O-])cc2)ccc1N1CCc2ccccc2C1. The second-order valence-electron chi connectivity index (χ2n) is 8.71. The van der Waals surface area contributed by atoms with Crippen LogP contribution < -0.4 is 15.5 Å². The summed E-state index contributed by atoms with van der Waals surface area (Å²) in [6.45, 7) is 5.45. The number of nitrogens with one attached hydrogen (secondary N) is 2. The van der Waals surface area contributed by atoms with E-state index < -0.39 is 10.8 Å². The lowest BCUT2D eigenvalue weighted by molar-refractivity contribution is -0.384. The van der Waals surface area contributed by atoms with Crippen LogP contribution in [0.3, 0.4) is 0 Å². The number of benzene rings is 3. The Morgan fingerprint density at radius 1 is 1.03 bits per heavy atom. The highest BCUT2D eigenvalue weighted by atomic mass is 16.6. The standard InChI is InChI=1S/C27H28N4O4/c1-3-18(2)28-27(33)24-16-22(29-26(32)20-8-11-23(12-9-20)31(34)35)10-13-25(24)30-15-14-19-6-4-5-7-21(19)17-30/h4-13,16,18H,3,14-15,17H2,1-2H3,(H,28,33)(H,29,32). The van der Waals surface area contributed by atoms with E-state index in [1.165, 1.54) is 35.4 Å². The van der Waals surface area contributed by atoms with Crippen LogP contribution in [0.4, 0.5) is 17.1 Å². The van der Waals surface area contributed by atoms with Gasteiger partial charge in [0.15, 0.2) is 0 Å². The molecule has 1 heterocycles. The molecular formula is C27H28N4O4. The molecular weight excluding hydrogens is 444 g/mol. The first-order valence-electron chi connectivity index (χ1n) is 11.7. The Morgan fingerprint density at radius 3 is 2.43 bits per heavy atom. The Hall–Kier alpha value is -4.20. The predicted molar refractivity (Wildman–Crippen MR) is 136 cm³/mol. The van der Waals surface area contributed by atoms with E-state index in [1.54, 1.807) is 12.1 Å². The average molecular weight is 473 g/mol. The topological polar surface area (TPSA) is 105 Å². The number of hydrogen-bond acceptors (Lipinski definition) is 5. The normalized spacial score (nSPS) is 13.5. The van der Waals surface area contributed by atoms with Crippen LogP contribution in [-0.2, 0) is 13.0 Å². The van der Waals surface area contributed by atoms with E-state index in [2.05, 4.69) is 27.7 Å². The molecule has 1 unspecified atom stereocenters. The maximum Gasteiger partial charge on any atom is 0.269 e.